The molecule has 1 heterocycles. The van der Waals surface area contributed by atoms with Crippen LogP contribution in [0.15, 0.2) is 6.07 Å². The van der Waals surface area contributed by atoms with Gasteiger partial charge in [-0.05, 0) is 46.2 Å². The van der Waals surface area contributed by atoms with Crippen LogP contribution in [0, 0.1) is 13.8 Å². The molecule has 0 spiro atoms. The summed E-state index contributed by atoms with van der Waals surface area (Å²) in [5, 5.41) is 9.32. The summed E-state index contributed by atoms with van der Waals surface area (Å²) in [4.78, 5) is 4.30. The highest BCUT2D eigenvalue weighted by Crippen LogP contribution is 2.20. The molecule has 0 aromatic carbocycles. The smallest absolute Gasteiger partial charge is 0.219 e. The molecule has 0 bridgehead atoms. The number of aromatic nitrogens is 1. The molecule has 0 atom stereocenters. The number of aliphatic hydroxyl groups is 1. The lowest BCUT2D eigenvalue weighted by Crippen LogP contribution is -2.22. The first-order valence-electron chi connectivity index (χ1n) is 6.18. The topological polar surface area (TPSA) is 51.6 Å². The van der Waals surface area contributed by atoms with Crippen LogP contribution < -0.4 is 4.74 Å². The van der Waals surface area contributed by atoms with Gasteiger partial charge in [0.25, 0.3) is 0 Å². The highest BCUT2D eigenvalue weighted by atomic mass is 16.5. The first kappa shape index (κ1) is 14.9. The van der Waals surface area contributed by atoms with E-state index in [-0.39, 0.29) is 12.2 Å². The van der Waals surface area contributed by atoms with E-state index in [9.17, 15) is 5.11 Å². The fraction of sp³-hybridized carbons (Fsp3) is 0.643. The van der Waals surface area contributed by atoms with Gasteiger partial charge < -0.3 is 14.6 Å². The summed E-state index contributed by atoms with van der Waals surface area (Å²) >= 11 is 0. The lowest BCUT2D eigenvalue weighted by molar-refractivity contribution is -0.0170. The van der Waals surface area contributed by atoms with Crippen LogP contribution in [0.1, 0.15) is 37.6 Å². The molecule has 0 saturated carbocycles. The molecule has 1 N–H and O–H groups in total. The maximum atomic E-state index is 9.32. The van der Waals surface area contributed by atoms with Gasteiger partial charge in [0.2, 0.25) is 5.88 Å². The zero-order valence-electron chi connectivity index (χ0n) is 11.9. The quantitative estimate of drug-likeness (QED) is 0.819. The van der Waals surface area contributed by atoms with E-state index in [2.05, 4.69) is 4.98 Å². The van der Waals surface area contributed by atoms with Gasteiger partial charge in [-0.15, -0.1) is 0 Å². The van der Waals surface area contributed by atoms with Gasteiger partial charge in [0, 0.05) is 11.3 Å². The summed E-state index contributed by atoms with van der Waals surface area (Å²) in [6.07, 6.45) is 0. The Labute approximate surface area is 109 Å². The number of hydrogen-bond donors (Lipinski definition) is 1. The van der Waals surface area contributed by atoms with Crippen molar-refractivity contribution in [3.8, 4) is 5.88 Å². The number of pyridine rings is 1. The predicted molar refractivity (Wildman–Crippen MR) is 70.8 cm³/mol. The van der Waals surface area contributed by atoms with Crippen molar-refractivity contribution in [3.05, 3.63) is 22.9 Å². The highest BCUT2D eigenvalue weighted by Gasteiger charge is 2.12. The van der Waals surface area contributed by atoms with Crippen LogP contribution in [0.25, 0.3) is 0 Å². The van der Waals surface area contributed by atoms with E-state index in [0.717, 1.165) is 16.8 Å². The second kappa shape index (κ2) is 6.16. The third-order valence-electron chi connectivity index (χ3n) is 2.45. The molecule has 1 rings (SSSR count). The van der Waals surface area contributed by atoms with Crippen LogP contribution >= 0.6 is 0 Å². The largest absolute Gasteiger partial charge is 0.475 e. The van der Waals surface area contributed by atoms with Crippen LogP contribution in [0.4, 0.5) is 0 Å². The van der Waals surface area contributed by atoms with Crippen molar-refractivity contribution in [2.45, 2.75) is 46.8 Å². The van der Waals surface area contributed by atoms with Crippen molar-refractivity contribution in [1.29, 1.82) is 0 Å². The van der Waals surface area contributed by atoms with Crippen LogP contribution in [0.5, 0.6) is 5.88 Å². The fourth-order valence-corrected chi connectivity index (χ4v) is 1.63. The van der Waals surface area contributed by atoms with Crippen LogP contribution in [0.3, 0.4) is 0 Å². The summed E-state index contributed by atoms with van der Waals surface area (Å²) in [7, 11) is 0. The van der Waals surface area contributed by atoms with Gasteiger partial charge in [-0.25, -0.2) is 4.98 Å². The normalized spacial score (nSPS) is 11.7. The molecule has 0 radical (unpaired) electrons. The van der Waals surface area contributed by atoms with Crippen molar-refractivity contribution in [3.63, 3.8) is 0 Å². The van der Waals surface area contributed by atoms with E-state index in [1.807, 2.05) is 40.7 Å². The number of aryl methyl sites for hydroxylation is 2. The molecule has 0 aliphatic rings. The maximum absolute atomic E-state index is 9.32. The average Bonchev–Trinajstić information content (AvgIpc) is 2.22. The maximum Gasteiger partial charge on any atom is 0.219 e. The number of ether oxygens (including phenoxy) is 2. The summed E-state index contributed by atoms with van der Waals surface area (Å²) in [6, 6.07) is 1.93. The van der Waals surface area contributed by atoms with Crippen LogP contribution in [-0.4, -0.2) is 28.9 Å². The van der Waals surface area contributed by atoms with Gasteiger partial charge in [-0.2, -0.15) is 0 Å². The van der Waals surface area contributed by atoms with E-state index in [0.29, 0.717) is 19.1 Å². The molecular weight excluding hydrogens is 230 g/mol. The Kier molecular flexibility index (Phi) is 5.11. The molecule has 1 aromatic heterocycles. The summed E-state index contributed by atoms with van der Waals surface area (Å²) < 4.78 is 11.2. The fourth-order valence-electron chi connectivity index (χ4n) is 1.63. The van der Waals surface area contributed by atoms with Gasteiger partial charge >= 0.3 is 0 Å². The summed E-state index contributed by atoms with van der Waals surface area (Å²) in [5.41, 5.74) is 2.46. The third kappa shape index (κ3) is 4.63. The molecule has 1 aromatic rings. The highest BCUT2D eigenvalue weighted by molar-refractivity contribution is 5.35. The number of nitrogens with zero attached hydrogens (tertiary/aromatic N) is 1. The number of hydrogen-bond acceptors (Lipinski definition) is 4. The molecule has 4 heteroatoms. The van der Waals surface area contributed by atoms with Crippen molar-refractivity contribution < 1.29 is 14.6 Å². The van der Waals surface area contributed by atoms with Gasteiger partial charge in [-0.3, -0.25) is 0 Å². The molecule has 0 fully saturated rings. The third-order valence-corrected chi connectivity index (χ3v) is 2.45. The minimum absolute atomic E-state index is 0.0609. The Hall–Kier alpha value is -1.13. The predicted octanol–water partition coefficient (Wildman–Crippen LogP) is 2.38. The van der Waals surface area contributed by atoms with Crippen molar-refractivity contribution in [2.75, 3.05) is 13.2 Å². The standard InChI is InChI=1S/C14H23NO3/c1-10-8-11(2)15-13(12(10)9-16)17-6-7-18-14(3,4)5/h8,16H,6-7,9H2,1-5H3. The number of aliphatic hydroxyl groups excluding tert-OH is 1. The molecule has 0 saturated heterocycles. The number of rotatable bonds is 5. The van der Waals surface area contributed by atoms with Gasteiger partial charge in [0.1, 0.15) is 6.61 Å². The van der Waals surface area contributed by atoms with E-state index < -0.39 is 0 Å². The summed E-state index contributed by atoms with van der Waals surface area (Å²) in [6.45, 7) is 10.7. The second-order valence-electron chi connectivity index (χ2n) is 5.33. The van der Waals surface area contributed by atoms with E-state index in [4.69, 9.17) is 9.47 Å². The molecule has 0 aliphatic carbocycles. The Balaban J connectivity index is 2.61. The Morgan fingerprint density at radius 1 is 1.22 bits per heavy atom. The van der Waals surface area contributed by atoms with E-state index in [1.165, 1.54) is 0 Å². The molecule has 0 amide bonds. The monoisotopic (exact) mass is 253 g/mol. The van der Waals surface area contributed by atoms with E-state index >= 15 is 0 Å². The summed E-state index contributed by atoms with van der Waals surface area (Å²) in [5.74, 6) is 0.507. The minimum Gasteiger partial charge on any atom is -0.475 e. The molecular formula is C14H23NO3. The average molecular weight is 253 g/mol. The Bertz CT molecular complexity index is 397. The van der Waals surface area contributed by atoms with Crippen molar-refractivity contribution in [1.82, 2.24) is 4.98 Å². The zero-order chi connectivity index (χ0) is 13.8. The zero-order valence-corrected chi connectivity index (χ0v) is 11.9. The Morgan fingerprint density at radius 2 is 1.89 bits per heavy atom. The van der Waals surface area contributed by atoms with Crippen LogP contribution in [-0.2, 0) is 11.3 Å². The second-order valence-corrected chi connectivity index (χ2v) is 5.33. The van der Waals surface area contributed by atoms with Gasteiger partial charge in [0.15, 0.2) is 0 Å². The molecule has 0 aliphatic heterocycles. The van der Waals surface area contributed by atoms with Crippen molar-refractivity contribution in [2.24, 2.45) is 0 Å². The van der Waals surface area contributed by atoms with Crippen molar-refractivity contribution >= 4 is 0 Å². The van der Waals surface area contributed by atoms with Crippen LogP contribution in [0.2, 0.25) is 0 Å². The van der Waals surface area contributed by atoms with E-state index in [1.54, 1.807) is 0 Å². The first-order chi connectivity index (χ1) is 8.33. The SMILES string of the molecule is Cc1cc(C)c(CO)c(OCCOC(C)(C)C)n1. The minimum atomic E-state index is -0.168. The lowest BCUT2D eigenvalue weighted by atomic mass is 10.1. The van der Waals surface area contributed by atoms with Gasteiger partial charge in [-0.1, -0.05) is 0 Å². The van der Waals surface area contributed by atoms with Gasteiger partial charge in [0.05, 0.1) is 18.8 Å². The molecule has 0 unspecified atom stereocenters. The molecule has 18 heavy (non-hydrogen) atoms. The molecule has 4 nitrogen and oxygen atoms in total. The molecule has 102 valence electrons. The lowest BCUT2D eigenvalue weighted by Gasteiger charge is -2.20. The Morgan fingerprint density at radius 3 is 2.44 bits per heavy atom. The first-order valence-corrected chi connectivity index (χ1v) is 6.18.